The van der Waals surface area contributed by atoms with Crippen molar-refractivity contribution in [1.82, 2.24) is 0 Å². The van der Waals surface area contributed by atoms with Gasteiger partial charge in [0, 0.05) is 22.2 Å². The second kappa shape index (κ2) is 10.3. The molecule has 29 heavy (non-hydrogen) atoms. The van der Waals surface area contributed by atoms with Crippen molar-refractivity contribution in [2.75, 3.05) is 0 Å². The van der Waals surface area contributed by atoms with Crippen LogP contribution in [0.3, 0.4) is 0 Å². The molecule has 2 nitrogen and oxygen atoms in total. The quantitative estimate of drug-likeness (QED) is 0.339. The summed E-state index contributed by atoms with van der Waals surface area (Å²) in [7, 11) is 0. The highest BCUT2D eigenvalue weighted by atomic mass is 32.1. The van der Waals surface area contributed by atoms with Gasteiger partial charge < -0.3 is 0 Å². The van der Waals surface area contributed by atoms with E-state index < -0.39 is 0 Å². The van der Waals surface area contributed by atoms with E-state index in [0.717, 1.165) is 34.0 Å². The van der Waals surface area contributed by atoms with E-state index in [0.29, 0.717) is 11.8 Å². The molecule has 0 radical (unpaired) electrons. The maximum Gasteiger partial charge on any atom is 0.0664 e. The van der Waals surface area contributed by atoms with Crippen molar-refractivity contribution in [3.8, 4) is 0 Å². The average Bonchev–Trinajstić information content (AvgIpc) is 3.23. The van der Waals surface area contributed by atoms with Crippen molar-refractivity contribution >= 4 is 35.1 Å². The topological polar surface area (TPSA) is 24.7 Å². The van der Waals surface area contributed by atoms with Gasteiger partial charge in [-0.3, -0.25) is 9.98 Å². The van der Waals surface area contributed by atoms with Crippen LogP contribution in [-0.4, -0.2) is 12.4 Å². The smallest absolute Gasteiger partial charge is 0.0664 e. The van der Waals surface area contributed by atoms with Crippen molar-refractivity contribution in [3.63, 3.8) is 0 Å². The molecule has 2 unspecified atom stereocenters. The number of rotatable bonds is 8. The summed E-state index contributed by atoms with van der Waals surface area (Å²) in [5.41, 5.74) is 4.75. The van der Waals surface area contributed by atoms with E-state index in [1.807, 2.05) is 12.4 Å². The highest BCUT2D eigenvalue weighted by Gasteiger charge is 2.08. The summed E-state index contributed by atoms with van der Waals surface area (Å²) in [6.45, 7) is 8.95. The minimum atomic E-state index is 0.514. The van der Waals surface area contributed by atoms with E-state index in [4.69, 9.17) is 9.98 Å². The third kappa shape index (κ3) is 5.51. The van der Waals surface area contributed by atoms with Gasteiger partial charge in [-0.05, 0) is 60.1 Å². The Morgan fingerprint density at radius 1 is 0.690 bits per heavy atom. The summed E-state index contributed by atoms with van der Waals surface area (Å²) in [6.07, 6.45) is 6.17. The van der Waals surface area contributed by atoms with Crippen LogP contribution in [-0.2, 0) is 0 Å². The molecule has 150 valence electrons. The van der Waals surface area contributed by atoms with Gasteiger partial charge in [0.2, 0.25) is 0 Å². The van der Waals surface area contributed by atoms with Gasteiger partial charge in [0.05, 0.1) is 11.4 Å². The molecule has 0 amide bonds. The van der Waals surface area contributed by atoms with Gasteiger partial charge in [0.1, 0.15) is 0 Å². The van der Waals surface area contributed by atoms with E-state index >= 15 is 0 Å². The second-order valence-electron chi connectivity index (χ2n) is 7.49. The summed E-state index contributed by atoms with van der Waals surface area (Å²) < 4.78 is 0. The van der Waals surface area contributed by atoms with Gasteiger partial charge in [-0.15, -0.1) is 11.3 Å². The van der Waals surface area contributed by atoms with Crippen LogP contribution in [0.15, 0.2) is 70.6 Å². The third-order valence-electron chi connectivity index (χ3n) is 5.47. The summed E-state index contributed by atoms with van der Waals surface area (Å²) in [5.74, 6) is 1.03. The summed E-state index contributed by atoms with van der Waals surface area (Å²) in [4.78, 5) is 11.8. The number of benzene rings is 2. The first kappa shape index (κ1) is 21.2. The molecule has 0 saturated carbocycles. The average molecular weight is 403 g/mol. The fourth-order valence-corrected chi connectivity index (χ4v) is 4.01. The van der Waals surface area contributed by atoms with Crippen LogP contribution in [0.1, 0.15) is 73.3 Å². The van der Waals surface area contributed by atoms with Crippen LogP contribution in [0.5, 0.6) is 0 Å². The van der Waals surface area contributed by atoms with E-state index in [-0.39, 0.29) is 0 Å². The molecule has 0 N–H and O–H groups in total. The monoisotopic (exact) mass is 402 g/mol. The molecule has 0 bridgehead atoms. The molecule has 3 aromatic rings. The minimum Gasteiger partial charge on any atom is -0.255 e. The number of nitrogens with zero attached hydrogens (tertiary/aromatic N) is 2. The van der Waals surface area contributed by atoms with Crippen LogP contribution in [0.4, 0.5) is 11.4 Å². The zero-order valence-electron chi connectivity index (χ0n) is 17.8. The largest absolute Gasteiger partial charge is 0.255 e. The fourth-order valence-electron chi connectivity index (χ4n) is 3.26. The van der Waals surface area contributed by atoms with E-state index in [9.17, 15) is 0 Å². The van der Waals surface area contributed by atoms with Crippen molar-refractivity contribution in [2.45, 2.75) is 52.4 Å². The first-order valence-electron chi connectivity index (χ1n) is 10.5. The van der Waals surface area contributed by atoms with Crippen LogP contribution in [0, 0.1) is 0 Å². The Kier molecular flexibility index (Phi) is 7.54. The van der Waals surface area contributed by atoms with Gasteiger partial charge in [0.15, 0.2) is 0 Å². The fraction of sp³-hybridized carbons (Fsp3) is 0.308. The molecule has 3 rings (SSSR count). The van der Waals surface area contributed by atoms with Crippen molar-refractivity contribution < 1.29 is 0 Å². The lowest BCUT2D eigenvalue weighted by molar-refractivity contribution is 0.734. The summed E-state index contributed by atoms with van der Waals surface area (Å²) in [6, 6.07) is 21.1. The van der Waals surface area contributed by atoms with E-state index in [2.05, 4.69) is 88.4 Å². The van der Waals surface area contributed by atoms with Crippen LogP contribution in [0.2, 0.25) is 0 Å². The first-order chi connectivity index (χ1) is 14.1. The lowest BCUT2D eigenvalue weighted by Crippen LogP contribution is -1.91. The SMILES string of the molecule is CCC(C)c1ccccc1N=Cc1ccc(C=Nc2ccccc2C(C)CC)s1. The molecular formula is C26H30N2S. The van der Waals surface area contributed by atoms with Gasteiger partial charge >= 0.3 is 0 Å². The molecule has 0 aliphatic heterocycles. The molecule has 0 fully saturated rings. The number of aliphatic imine (C=N–C) groups is 2. The molecule has 0 aliphatic carbocycles. The van der Waals surface area contributed by atoms with Crippen molar-refractivity contribution in [1.29, 1.82) is 0 Å². The molecule has 3 heteroatoms. The lowest BCUT2D eigenvalue weighted by atomic mass is 9.97. The maximum atomic E-state index is 4.77. The minimum absolute atomic E-state index is 0.514. The number of thiophene rings is 1. The molecular weight excluding hydrogens is 372 g/mol. The van der Waals surface area contributed by atoms with Crippen molar-refractivity contribution in [2.24, 2.45) is 9.98 Å². The van der Waals surface area contributed by atoms with E-state index in [1.165, 1.54) is 11.1 Å². The van der Waals surface area contributed by atoms with Gasteiger partial charge in [0.25, 0.3) is 0 Å². The first-order valence-corrected chi connectivity index (χ1v) is 11.3. The van der Waals surface area contributed by atoms with Crippen LogP contribution in [0.25, 0.3) is 0 Å². The van der Waals surface area contributed by atoms with Gasteiger partial charge in [-0.2, -0.15) is 0 Å². The van der Waals surface area contributed by atoms with Crippen LogP contribution < -0.4 is 0 Å². The standard InChI is InChI=1S/C26H30N2S/c1-5-19(3)23-11-7-9-13-25(23)27-17-21-15-16-22(29-21)18-28-26-14-10-8-12-24(26)20(4)6-2/h7-20H,5-6H2,1-4H3. The van der Waals surface area contributed by atoms with Crippen LogP contribution >= 0.6 is 11.3 Å². The summed E-state index contributed by atoms with van der Waals surface area (Å²) >= 11 is 1.71. The molecule has 0 aliphatic rings. The lowest BCUT2D eigenvalue weighted by Gasteiger charge is -2.11. The van der Waals surface area contributed by atoms with Crippen molar-refractivity contribution in [3.05, 3.63) is 81.5 Å². The Hall–Kier alpha value is -2.52. The number of hydrogen-bond acceptors (Lipinski definition) is 3. The second-order valence-corrected chi connectivity index (χ2v) is 8.64. The molecule has 2 atom stereocenters. The Morgan fingerprint density at radius 2 is 1.10 bits per heavy atom. The zero-order chi connectivity index (χ0) is 20.6. The third-order valence-corrected chi connectivity index (χ3v) is 6.42. The Balaban J connectivity index is 1.76. The number of hydrogen-bond donors (Lipinski definition) is 0. The molecule has 0 saturated heterocycles. The molecule has 1 aromatic heterocycles. The highest BCUT2D eigenvalue weighted by molar-refractivity contribution is 7.15. The molecule has 2 aromatic carbocycles. The highest BCUT2D eigenvalue weighted by Crippen LogP contribution is 2.30. The maximum absolute atomic E-state index is 4.77. The Morgan fingerprint density at radius 3 is 1.52 bits per heavy atom. The molecule has 0 spiro atoms. The van der Waals surface area contributed by atoms with E-state index in [1.54, 1.807) is 11.3 Å². The number of para-hydroxylation sites is 2. The Labute approximate surface area is 179 Å². The Bertz CT molecular complexity index is 906. The van der Waals surface area contributed by atoms with Gasteiger partial charge in [-0.25, -0.2) is 0 Å². The molecule has 1 heterocycles. The normalized spacial score (nSPS) is 13.9. The predicted octanol–water partition coefficient (Wildman–Crippen LogP) is 8.28. The van der Waals surface area contributed by atoms with Gasteiger partial charge in [-0.1, -0.05) is 64.1 Å². The zero-order valence-corrected chi connectivity index (χ0v) is 18.6. The predicted molar refractivity (Wildman–Crippen MR) is 129 cm³/mol. The summed E-state index contributed by atoms with van der Waals surface area (Å²) in [5, 5.41) is 0.